The number of hydrogen-bond acceptors (Lipinski definition) is 3. The predicted octanol–water partition coefficient (Wildman–Crippen LogP) is 3.09. The second kappa shape index (κ2) is 7.70. The van der Waals surface area contributed by atoms with Crippen molar-refractivity contribution in [3.8, 4) is 0 Å². The molecule has 0 aromatic carbocycles. The van der Waals surface area contributed by atoms with E-state index in [0.29, 0.717) is 19.1 Å². The van der Waals surface area contributed by atoms with E-state index in [2.05, 4.69) is 39.5 Å². The fourth-order valence-electron chi connectivity index (χ4n) is 2.19. The Bertz CT molecular complexity index is 217. The molecule has 0 aliphatic carbocycles. The van der Waals surface area contributed by atoms with Crippen LogP contribution >= 0.6 is 0 Å². The zero-order valence-corrected chi connectivity index (χ0v) is 12.4. The van der Waals surface area contributed by atoms with Crippen LogP contribution in [0.3, 0.4) is 0 Å². The number of nitrogens with zero attached hydrogens (tertiary/aromatic N) is 1. The van der Waals surface area contributed by atoms with Crippen LogP contribution in [0.15, 0.2) is 0 Å². The Morgan fingerprint density at radius 3 is 2.06 bits per heavy atom. The number of ether oxygens (including phenoxy) is 1. The summed E-state index contributed by atoms with van der Waals surface area (Å²) in [6.45, 7) is 15.2. The first-order chi connectivity index (χ1) is 7.84. The number of rotatable bonds is 7. The van der Waals surface area contributed by atoms with Crippen molar-refractivity contribution in [2.24, 2.45) is 5.41 Å². The second-order valence-electron chi connectivity index (χ2n) is 5.65. The third kappa shape index (κ3) is 7.37. The van der Waals surface area contributed by atoms with Gasteiger partial charge in [0.05, 0.1) is 13.0 Å². The summed E-state index contributed by atoms with van der Waals surface area (Å²) in [5, 5.41) is 0. The van der Waals surface area contributed by atoms with E-state index >= 15 is 0 Å². The lowest BCUT2D eigenvalue weighted by atomic mass is 9.86. The lowest BCUT2D eigenvalue weighted by Gasteiger charge is -2.33. The number of carbonyl (C=O) groups is 1. The highest BCUT2D eigenvalue weighted by Crippen LogP contribution is 2.25. The van der Waals surface area contributed by atoms with Crippen LogP contribution in [-0.4, -0.2) is 36.6 Å². The molecule has 0 aromatic heterocycles. The van der Waals surface area contributed by atoms with Gasteiger partial charge in [0.2, 0.25) is 0 Å². The SMILES string of the molecule is CCOC(=O)CC(CC(C)(C)C)N(CC)CC. The molecule has 1 unspecified atom stereocenters. The second-order valence-corrected chi connectivity index (χ2v) is 5.65. The van der Waals surface area contributed by atoms with Crippen molar-refractivity contribution in [1.82, 2.24) is 4.90 Å². The fraction of sp³-hybridized carbons (Fsp3) is 0.929. The minimum atomic E-state index is -0.0753. The molecule has 3 heteroatoms. The number of esters is 1. The van der Waals surface area contributed by atoms with Gasteiger partial charge in [0.15, 0.2) is 0 Å². The van der Waals surface area contributed by atoms with Gasteiger partial charge in [-0.2, -0.15) is 0 Å². The Morgan fingerprint density at radius 2 is 1.71 bits per heavy atom. The van der Waals surface area contributed by atoms with Crippen molar-refractivity contribution < 1.29 is 9.53 Å². The van der Waals surface area contributed by atoms with Gasteiger partial charge in [-0.25, -0.2) is 0 Å². The van der Waals surface area contributed by atoms with Crippen molar-refractivity contribution in [2.45, 2.75) is 60.4 Å². The van der Waals surface area contributed by atoms with Crippen molar-refractivity contribution in [3.05, 3.63) is 0 Å². The normalized spacial score (nSPS) is 13.8. The zero-order valence-electron chi connectivity index (χ0n) is 12.4. The highest BCUT2D eigenvalue weighted by Gasteiger charge is 2.25. The van der Waals surface area contributed by atoms with Crippen LogP contribution in [0.1, 0.15) is 54.4 Å². The van der Waals surface area contributed by atoms with Gasteiger partial charge in [0, 0.05) is 6.04 Å². The van der Waals surface area contributed by atoms with Gasteiger partial charge in [-0.3, -0.25) is 4.79 Å². The Hall–Kier alpha value is -0.570. The summed E-state index contributed by atoms with van der Waals surface area (Å²) >= 11 is 0. The van der Waals surface area contributed by atoms with Crippen molar-refractivity contribution in [1.29, 1.82) is 0 Å². The van der Waals surface area contributed by atoms with Crippen LogP contribution < -0.4 is 0 Å². The fourth-order valence-corrected chi connectivity index (χ4v) is 2.19. The first kappa shape index (κ1) is 16.4. The Balaban J connectivity index is 4.55. The van der Waals surface area contributed by atoms with E-state index in [4.69, 9.17) is 4.74 Å². The van der Waals surface area contributed by atoms with Gasteiger partial charge in [-0.15, -0.1) is 0 Å². The van der Waals surface area contributed by atoms with Gasteiger partial charge in [-0.1, -0.05) is 34.6 Å². The van der Waals surface area contributed by atoms with Gasteiger partial charge in [0.1, 0.15) is 0 Å². The van der Waals surface area contributed by atoms with Crippen LogP contribution in [-0.2, 0) is 9.53 Å². The highest BCUT2D eigenvalue weighted by molar-refractivity contribution is 5.70. The molecule has 0 heterocycles. The van der Waals surface area contributed by atoms with Crippen LogP contribution in [0.25, 0.3) is 0 Å². The molecular weight excluding hydrogens is 214 g/mol. The average Bonchev–Trinajstić information content (AvgIpc) is 2.17. The van der Waals surface area contributed by atoms with E-state index in [1.54, 1.807) is 0 Å². The van der Waals surface area contributed by atoms with Crippen molar-refractivity contribution in [3.63, 3.8) is 0 Å². The first-order valence-corrected chi connectivity index (χ1v) is 6.73. The Morgan fingerprint density at radius 1 is 1.18 bits per heavy atom. The van der Waals surface area contributed by atoms with E-state index in [9.17, 15) is 4.79 Å². The molecule has 0 aromatic rings. The Kier molecular flexibility index (Phi) is 7.44. The molecule has 0 saturated heterocycles. The van der Waals surface area contributed by atoms with Crippen LogP contribution in [0.4, 0.5) is 0 Å². The molecule has 0 aliphatic heterocycles. The molecule has 0 spiro atoms. The van der Waals surface area contributed by atoms with Crippen LogP contribution in [0.5, 0.6) is 0 Å². The van der Waals surface area contributed by atoms with Gasteiger partial charge >= 0.3 is 5.97 Å². The van der Waals surface area contributed by atoms with E-state index in [1.165, 1.54) is 0 Å². The van der Waals surface area contributed by atoms with Crippen molar-refractivity contribution >= 4 is 5.97 Å². The minimum absolute atomic E-state index is 0.0753. The van der Waals surface area contributed by atoms with E-state index in [1.807, 2.05) is 6.92 Å². The first-order valence-electron chi connectivity index (χ1n) is 6.73. The summed E-state index contributed by atoms with van der Waals surface area (Å²) in [4.78, 5) is 14.0. The van der Waals surface area contributed by atoms with Gasteiger partial charge in [0.25, 0.3) is 0 Å². The molecule has 0 aliphatic rings. The summed E-state index contributed by atoms with van der Waals surface area (Å²) in [6.07, 6.45) is 1.53. The van der Waals surface area contributed by atoms with Gasteiger partial charge in [-0.05, 0) is 31.8 Å². The minimum Gasteiger partial charge on any atom is -0.466 e. The molecule has 3 nitrogen and oxygen atoms in total. The lowest BCUT2D eigenvalue weighted by Crippen LogP contribution is -2.39. The van der Waals surface area contributed by atoms with Gasteiger partial charge < -0.3 is 9.64 Å². The zero-order chi connectivity index (χ0) is 13.5. The standard InChI is InChI=1S/C14H29NO2/c1-7-15(8-2)12(11-14(4,5)6)10-13(16)17-9-3/h12H,7-11H2,1-6H3. The molecule has 102 valence electrons. The third-order valence-electron chi connectivity index (χ3n) is 2.88. The smallest absolute Gasteiger partial charge is 0.307 e. The molecule has 0 bridgehead atoms. The van der Waals surface area contributed by atoms with E-state index in [0.717, 1.165) is 19.5 Å². The molecular formula is C14H29NO2. The largest absolute Gasteiger partial charge is 0.466 e. The van der Waals surface area contributed by atoms with Crippen LogP contribution in [0.2, 0.25) is 0 Å². The molecule has 0 amide bonds. The summed E-state index contributed by atoms with van der Waals surface area (Å²) in [5.74, 6) is -0.0753. The molecule has 1 atom stereocenters. The molecule has 17 heavy (non-hydrogen) atoms. The van der Waals surface area contributed by atoms with E-state index in [-0.39, 0.29) is 11.4 Å². The average molecular weight is 243 g/mol. The lowest BCUT2D eigenvalue weighted by molar-refractivity contribution is -0.144. The number of carbonyl (C=O) groups excluding carboxylic acids is 1. The Labute approximate surface area is 107 Å². The molecule has 0 N–H and O–H groups in total. The van der Waals surface area contributed by atoms with Crippen LogP contribution in [0, 0.1) is 5.41 Å². The maximum atomic E-state index is 11.6. The van der Waals surface area contributed by atoms with Crippen molar-refractivity contribution in [2.75, 3.05) is 19.7 Å². The molecule has 0 saturated carbocycles. The topological polar surface area (TPSA) is 29.5 Å². The quantitative estimate of drug-likeness (QED) is 0.644. The predicted molar refractivity (Wildman–Crippen MR) is 72.0 cm³/mol. The summed E-state index contributed by atoms with van der Waals surface area (Å²) < 4.78 is 5.06. The maximum Gasteiger partial charge on any atom is 0.307 e. The van der Waals surface area contributed by atoms with E-state index < -0.39 is 0 Å². The summed E-state index contributed by atoms with van der Waals surface area (Å²) in [7, 11) is 0. The molecule has 0 fully saturated rings. The summed E-state index contributed by atoms with van der Waals surface area (Å²) in [5.41, 5.74) is 0.236. The highest BCUT2D eigenvalue weighted by atomic mass is 16.5. The third-order valence-corrected chi connectivity index (χ3v) is 2.88. The monoisotopic (exact) mass is 243 g/mol. The number of hydrogen-bond donors (Lipinski definition) is 0. The maximum absolute atomic E-state index is 11.6. The summed E-state index contributed by atoms with van der Waals surface area (Å²) in [6, 6.07) is 0.295. The molecule has 0 rings (SSSR count). The molecule has 0 radical (unpaired) electrons.